The topological polar surface area (TPSA) is 21.3 Å². The van der Waals surface area contributed by atoms with Gasteiger partial charge in [0.15, 0.2) is 0 Å². The molecule has 0 aliphatic carbocycles. The molecule has 0 saturated heterocycles. The van der Waals surface area contributed by atoms with Crippen molar-refractivity contribution in [2.24, 2.45) is 0 Å². The molecule has 2 nitrogen and oxygen atoms in total. The quantitative estimate of drug-likeness (QED) is 0.815. The van der Waals surface area contributed by atoms with Crippen molar-refractivity contribution in [3.05, 3.63) is 29.8 Å². The highest BCUT2D eigenvalue weighted by atomic mass is 32.2. The summed E-state index contributed by atoms with van der Waals surface area (Å²) in [5.74, 6) is 1.24. The molecule has 0 heterocycles. The van der Waals surface area contributed by atoms with Crippen molar-refractivity contribution in [3.8, 4) is 5.75 Å². The van der Waals surface area contributed by atoms with E-state index in [4.69, 9.17) is 0 Å². The summed E-state index contributed by atoms with van der Waals surface area (Å²) in [5, 5.41) is 3.35. The van der Waals surface area contributed by atoms with E-state index in [1.807, 2.05) is 0 Å². The number of rotatable bonds is 7. The predicted octanol–water partition coefficient (Wildman–Crippen LogP) is 3.13. The molecule has 0 saturated carbocycles. The van der Waals surface area contributed by atoms with Gasteiger partial charge in [-0.1, -0.05) is 12.1 Å². The first-order chi connectivity index (χ1) is 8.11. The van der Waals surface area contributed by atoms with Crippen LogP contribution in [0.2, 0.25) is 0 Å². The number of thioether (sulfide) groups is 1. The summed E-state index contributed by atoms with van der Waals surface area (Å²) in [7, 11) is 0. The minimum Gasteiger partial charge on any atom is -0.435 e. The van der Waals surface area contributed by atoms with Crippen LogP contribution in [-0.4, -0.2) is 24.7 Å². The minimum atomic E-state index is -2.76. The van der Waals surface area contributed by atoms with Crippen LogP contribution in [0.25, 0.3) is 0 Å². The summed E-state index contributed by atoms with van der Waals surface area (Å²) >= 11 is 1.79. The van der Waals surface area contributed by atoms with E-state index in [-0.39, 0.29) is 5.75 Å². The van der Waals surface area contributed by atoms with Crippen LogP contribution in [0.4, 0.5) is 8.78 Å². The van der Waals surface area contributed by atoms with Crippen molar-refractivity contribution in [2.75, 3.05) is 12.0 Å². The third-order valence-corrected chi connectivity index (χ3v) is 3.05. The third kappa shape index (κ3) is 5.89. The number of ether oxygens (including phenoxy) is 1. The molecule has 0 radical (unpaired) electrons. The molecule has 0 spiro atoms. The predicted molar refractivity (Wildman–Crippen MR) is 67.8 cm³/mol. The standard InChI is InChI=1S/C12H17F2NOS/c1-9(8-17-2)15-7-10-3-5-11(6-4-10)16-12(13)14/h3-6,9,12,15H,7-8H2,1-2H3. The van der Waals surface area contributed by atoms with E-state index in [0.717, 1.165) is 17.9 Å². The fourth-order valence-electron chi connectivity index (χ4n) is 1.39. The van der Waals surface area contributed by atoms with Crippen molar-refractivity contribution in [1.29, 1.82) is 0 Å². The van der Waals surface area contributed by atoms with E-state index in [9.17, 15) is 8.78 Å². The van der Waals surface area contributed by atoms with Gasteiger partial charge in [-0.05, 0) is 30.9 Å². The fraction of sp³-hybridized carbons (Fsp3) is 0.500. The molecular formula is C12H17F2NOS. The van der Waals surface area contributed by atoms with Crippen LogP contribution in [0.1, 0.15) is 12.5 Å². The summed E-state index contributed by atoms with van der Waals surface area (Å²) < 4.78 is 28.1. The molecule has 1 atom stereocenters. The van der Waals surface area contributed by atoms with Crippen LogP contribution in [0, 0.1) is 0 Å². The zero-order valence-electron chi connectivity index (χ0n) is 9.95. The summed E-state index contributed by atoms with van der Waals surface area (Å²) in [5.41, 5.74) is 1.06. The van der Waals surface area contributed by atoms with E-state index in [2.05, 4.69) is 23.2 Å². The Morgan fingerprint density at radius 2 is 1.94 bits per heavy atom. The second kappa shape index (κ2) is 7.50. The van der Waals surface area contributed by atoms with Crippen LogP contribution >= 0.6 is 11.8 Å². The highest BCUT2D eigenvalue weighted by Gasteiger charge is 2.04. The Morgan fingerprint density at radius 1 is 1.29 bits per heavy atom. The molecule has 1 aromatic rings. The average Bonchev–Trinajstić information content (AvgIpc) is 2.28. The van der Waals surface area contributed by atoms with Gasteiger partial charge in [0, 0.05) is 18.3 Å². The van der Waals surface area contributed by atoms with Gasteiger partial charge in [0.2, 0.25) is 0 Å². The second-order valence-corrected chi connectivity index (χ2v) is 4.67. The van der Waals surface area contributed by atoms with Gasteiger partial charge >= 0.3 is 6.61 Å². The molecule has 17 heavy (non-hydrogen) atoms. The number of nitrogens with one attached hydrogen (secondary N) is 1. The van der Waals surface area contributed by atoms with Gasteiger partial charge in [-0.3, -0.25) is 0 Å². The molecule has 5 heteroatoms. The number of hydrogen-bond donors (Lipinski definition) is 1. The van der Waals surface area contributed by atoms with E-state index < -0.39 is 6.61 Å². The Morgan fingerprint density at radius 3 is 2.47 bits per heavy atom. The van der Waals surface area contributed by atoms with Crippen LogP contribution in [-0.2, 0) is 6.54 Å². The Labute approximate surface area is 105 Å². The van der Waals surface area contributed by atoms with E-state index in [1.165, 1.54) is 0 Å². The molecule has 1 N–H and O–H groups in total. The Kier molecular flexibility index (Phi) is 6.29. The smallest absolute Gasteiger partial charge is 0.387 e. The molecular weight excluding hydrogens is 244 g/mol. The minimum absolute atomic E-state index is 0.195. The van der Waals surface area contributed by atoms with Crippen molar-refractivity contribution in [2.45, 2.75) is 26.1 Å². The molecule has 1 aromatic carbocycles. The summed E-state index contributed by atoms with van der Waals surface area (Å²) in [6.07, 6.45) is 2.06. The number of hydrogen-bond acceptors (Lipinski definition) is 3. The van der Waals surface area contributed by atoms with Crippen LogP contribution in [0.3, 0.4) is 0 Å². The van der Waals surface area contributed by atoms with Gasteiger partial charge in [-0.15, -0.1) is 0 Å². The maximum Gasteiger partial charge on any atom is 0.387 e. The van der Waals surface area contributed by atoms with E-state index >= 15 is 0 Å². The zero-order chi connectivity index (χ0) is 12.7. The molecule has 1 unspecified atom stereocenters. The van der Waals surface area contributed by atoms with Crippen molar-refractivity contribution < 1.29 is 13.5 Å². The highest BCUT2D eigenvalue weighted by Crippen LogP contribution is 2.14. The lowest BCUT2D eigenvalue weighted by Crippen LogP contribution is -2.27. The zero-order valence-corrected chi connectivity index (χ0v) is 10.8. The molecule has 0 aliphatic rings. The van der Waals surface area contributed by atoms with Crippen LogP contribution in [0.5, 0.6) is 5.75 Å². The maximum absolute atomic E-state index is 11.9. The lowest BCUT2D eigenvalue weighted by Gasteiger charge is -2.12. The maximum atomic E-state index is 11.9. The summed E-state index contributed by atoms with van der Waals surface area (Å²) in [6.45, 7) is 0.0853. The first-order valence-electron chi connectivity index (χ1n) is 5.38. The molecule has 0 bridgehead atoms. The van der Waals surface area contributed by atoms with Crippen molar-refractivity contribution >= 4 is 11.8 Å². The molecule has 0 fully saturated rings. The molecule has 1 rings (SSSR count). The molecule has 0 amide bonds. The van der Waals surface area contributed by atoms with Gasteiger partial charge in [0.05, 0.1) is 0 Å². The Bertz CT molecular complexity index is 319. The van der Waals surface area contributed by atoms with Crippen LogP contribution < -0.4 is 10.1 Å². The third-order valence-electron chi connectivity index (χ3n) is 2.22. The Hall–Kier alpha value is -0.810. The van der Waals surface area contributed by atoms with Crippen LogP contribution in [0.15, 0.2) is 24.3 Å². The van der Waals surface area contributed by atoms with Gasteiger partial charge in [0.1, 0.15) is 5.75 Å². The summed E-state index contributed by atoms with van der Waals surface area (Å²) in [6, 6.07) is 7.12. The number of alkyl halides is 2. The van der Waals surface area contributed by atoms with Gasteiger partial charge < -0.3 is 10.1 Å². The summed E-state index contributed by atoms with van der Waals surface area (Å²) in [4.78, 5) is 0. The largest absolute Gasteiger partial charge is 0.435 e. The van der Waals surface area contributed by atoms with Crippen molar-refractivity contribution in [3.63, 3.8) is 0 Å². The molecule has 96 valence electrons. The second-order valence-electron chi connectivity index (χ2n) is 3.76. The average molecular weight is 261 g/mol. The number of benzene rings is 1. The fourth-order valence-corrected chi connectivity index (χ4v) is 2.01. The van der Waals surface area contributed by atoms with Gasteiger partial charge in [-0.25, -0.2) is 0 Å². The number of halogens is 2. The highest BCUT2D eigenvalue weighted by molar-refractivity contribution is 7.98. The monoisotopic (exact) mass is 261 g/mol. The SMILES string of the molecule is CSCC(C)NCc1ccc(OC(F)F)cc1. The molecule has 0 aromatic heterocycles. The first kappa shape index (κ1) is 14.3. The van der Waals surface area contributed by atoms with Gasteiger partial charge in [0.25, 0.3) is 0 Å². The normalized spacial score (nSPS) is 12.8. The van der Waals surface area contributed by atoms with Gasteiger partial charge in [-0.2, -0.15) is 20.5 Å². The van der Waals surface area contributed by atoms with E-state index in [0.29, 0.717) is 6.04 Å². The lowest BCUT2D eigenvalue weighted by molar-refractivity contribution is -0.0498. The lowest BCUT2D eigenvalue weighted by atomic mass is 10.2. The van der Waals surface area contributed by atoms with E-state index in [1.54, 1.807) is 36.0 Å². The molecule has 0 aliphatic heterocycles. The Balaban J connectivity index is 2.40. The van der Waals surface area contributed by atoms with Crippen molar-refractivity contribution in [1.82, 2.24) is 5.32 Å². The first-order valence-corrected chi connectivity index (χ1v) is 6.77.